The van der Waals surface area contributed by atoms with Crippen molar-refractivity contribution >= 4 is 27.1 Å². The average molecular weight is 580 g/mol. The number of nitrogens with zero attached hydrogens (tertiary/aromatic N) is 2. The van der Waals surface area contributed by atoms with Gasteiger partial charge in [0.2, 0.25) is 5.91 Å². The number of nitrogens with one attached hydrogen (secondary N) is 1. The zero-order valence-electron chi connectivity index (χ0n) is 24.3. The van der Waals surface area contributed by atoms with Crippen LogP contribution in [0.2, 0.25) is 0 Å². The van der Waals surface area contributed by atoms with Gasteiger partial charge >= 0.3 is 0 Å². The van der Waals surface area contributed by atoms with Gasteiger partial charge in [-0.05, 0) is 68.5 Å². The molecule has 1 N–H and O–H groups in total. The van der Waals surface area contributed by atoms with Crippen LogP contribution in [-0.4, -0.2) is 59.1 Å². The fourth-order valence-corrected chi connectivity index (χ4v) is 7.06. The Morgan fingerprint density at radius 3 is 2.34 bits per heavy atom. The van der Waals surface area contributed by atoms with Crippen LogP contribution < -0.4 is 15.1 Å². The van der Waals surface area contributed by atoms with Crippen LogP contribution in [-0.2, 0) is 32.4 Å². The summed E-state index contributed by atoms with van der Waals surface area (Å²) < 4.78 is 35.5. The van der Waals surface area contributed by atoms with Crippen LogP contribution in [0, 0.1) is 13.8 Å². The average Bonchev–Trinajstić information content (AvgIpc) is 3.39. The minimum absolute atomic E-state index is 0.110. The summed E-state index contributed by atoms with van der Waals surface area (Å²) in [6.07, 6.45) is 3.75. The second-order valence-electron chi connectivity index (χ2n) is 11.3. The SMILES string of the molecule is COCc1ccc(CC(=O)NC(c2ccc(C)o2)c2ccc(C)cc2N2CCCCC2)cc1N1CCS(=O)(=O)CC1. The molecular weight excluding hydrogens is 538 g/mol. The summed E-state index contributed by atoms with van der Waals surface area (Å²) >= 11 is 0. The zero-order valence-corrected chi connectivity index (χ0v) is 25.1. The highest BCUT2D eigenvalue weighted by Crippen LogP contribution is 2.34. The van der Waals surface area contributed by atoms with Crippen molar-refractivity contribution in [2.24, 2.45) is 0 Å². The van der Waals surface area contributed by atoms with E-state index in [0.29, 0.717) is 25.5 Å². The van der Waals surface area contributed by atoms with Crippen LogP contribution in [0.5, 0.6) is 0 Å². The second kappa shape index (κ2) is 12.7. The molecule has 8 nitrogen and oxygen atoms in total. The first kappa shape index (κ1) is 29.2. The van der Waals surface area contributed by atoms with Crippen molar-refractivity contribution in [3.05, 3.63) is 82.3 Å². The first-order valence-corrected chi connectivity index (χ1v) is 16.3. The number of methoxy groups -OCH3 is 1. The van der Waals surface area contributed by atoms with E-state index in [0.717, 1.165) is 59.8 Å². The van der Waals surface area contributed by atoms with Gasteiger partial charge in [0.25, 0.3) is 0 Å². The predicted octanol–water partition coefficient (Wildman–Crippen LogP) is 4.72. The number of rotatable bonds is 9. The van der Waals surface area contributed by atoms with Gasteiger partial charge in [-0.2, -0.15) is 0 Å². The highest BCUT2D eigenvalue weighted by atomic mass is 32.2. The van der Waals surface area contributed by atoms with Gasteiger partial charge < -0.3 is 24.3 Å². The summed E-state index contributed by atoms with van der Waals surface area (Å²) in [5.41, 5.74) is 6.13. The van der Waals surface area contributed by atoms with Crippen molar-refractivity contribution in [1.29, 1.82) is 0 Å². The number of carbonyl (C=O) groups excluding carboxylic acids is 1. The largest absolute Gasteiger partial charge is 0.464 e. The molecule has 0 saturated carbocycles. The molecular formula is C32H41N3O5S. The third-order valence-electron chi connectivity index (χ3n) is 8.04. The van der Waals surface area contributed by atoms with Gasteiger partial charge in [-0.25, -0.2) is 8.42 Å². The first-order valence-electron chi connectivity index (χ1n) is 14.5. The second-order valence-corrected chi connectivity index (χ2v) is 13.6. The minimum Gasteiger partial charge on any atom is -0.464 e. The molecule has 5 rings (SSSR count). The Bertz CT molecular complexity index is 1460. The Balaban J connectivity index is 1.41. The maximum atomic E-state index is 13.6. The van der Waals surface area contributed by atoms with Gasteiger partial charge in [0.1, 0.15) is 17.6 Å². The molecule has 9 heteroatoms. The Kier molecular flexibility index (Phi) is 9.04. The fourth-order valence-electron chi connectivity index (χ4n) is 5.86. The number of ether oxygens (including phenoxy) is 1. The van der Waals surface area contributed by atoms with Gasteiger partial charge in [-0.1, -0.05) is 24.3 Å². The van der Waals surface area contributed by atoms with Crippen molar-refractivity contribution in [2.75, 3.05) is 54.6 Å². The summed E-state index contributed by atoms with van der Waals surface area (Å²) in [6.45, 7) is 7.30. The molecule has 0 spiro atoms. The Hall–Kier alpha value is -3.30. The lowest BCUT2D eigenvalue weighted by molar-refractivity contribution is -0.121. The topological polar surface area (TPSA) is 92.1 Å². The lowest BCUT2D eigenvalue weighted by Crippen LogP contribution is -2.40. The number of aryl methyl sites for hydroxylation is 2. The van der Waals surface area contributed by atoms with Gasteiger partial charge in [0.05, 0.1) is 24.5 Å². The van der Waals surface area contributed by atoms with Crippen molar-refractivity contribution in [3.63, 3.8) is 0 Å². The van der Waals surface area contributed by atoms with Crippen molar-refractivity contribution in [2.45, 2.75) is 52.2 Å². The highest BCUT2D eigenvalue weighted by Gasteiger charge is 2.27. The van der Waals surface area contributed by atoms with E-state index in [4.69, 9.17) is 9.15 Å². The summed E-state index contributed by atoms with van der Waals surface area (Å²) in [7, 11) is -1.36. The van der Waals surface area contributed by atoms with E-state index in [2.05, 4.69) is 40.2 Å². The number of hydrogen-bond donors (Lipinski definition) is 1. The van der Waals surface area contributed by atoms with Gasteiger partial charge in [0.15, 0.2) is 9.84 Å². The normalized spacial score (nSPS) is 17.8. The lowest BCUT2D eigenvalue weighted by atomic mass is 9.97. The van der Waals surface area contributed by atoms with E-state index < -0.39 is 15.9 Å². The van der Waals surface area contributed by atoms with E-state index in [1.54, 1.807) is 7.11 Å². The van der Waals surface area contributed by atoms with E-state index in [9.17, 15) is 13.2 Å². The zero-order chi connectivity index (χ0) is 29.0. The lowest BCUT2D eigenvalue weighted by Gasteiger charge is -2.33. The maximum Gasteiger partial charge on any atom is 0.225 e. The number of carbonyl (C=O) groups is 1. The fraction of sp³-hybridized carbons (Fsp3) is 0.469. The van der Waals surface area contributed by atoms with E-state index in [-0.39, 0.29) is 23.8 Å². The number of anilines is 2. The molecule has 2 aliphatic heterocycles. The maximum absolute atomic E-state index is 13.6. The number of hydrogen-bond acceptors (Lipinski definition) is 7. The van der Waals surface area contributed by atoms with Gasteiger partial charge in [-0.15, -0.1) is 0 Å². The molecule has 0 aliphatic carbocycles. The molecule has 220 valence electrons. The highest BCUT2D eigenvalue weighted by molar-refractivity contribution is 7.91. The molecule has 1 unspecified atom stereocenters. The van der Waals surface area contributed by atoms with E-state index in [1.165, 1.54) is 12.0 Å². The van der Waals surface area contributed by atoms with Crippen LogP contribution in [0.4, 0.5) is 11.4 Å². The van der Waals surface area contributed by atoms with Crippen molar-refractivity contribution in [3.8, 4) is 0 Å². The van der Waals surface area contributed by atoms with Crippen LogP contribution in [0.1, 0.15) is 59.1 Å². The smallest absolute Gasteiger partial charge is 0.225 e. The molecule has 3 aromatic rings. The number of sulfone groups is 1. The molecule has 1 amide bonds. The van der Waals surface area contributed by atoms with Crippen LogP contribution in [0.25, 0.3) is 0 Å². The molecule has 41 heavy (non-hydrogen) atoms. The Labute approximate surface area is 243 Å². The third-order valence-corrected chi connectivity index (χ3v) is 9.65. The molecule has 1 aromatic heterocycles. The molecule has 3 heterocycles. The predicted molar refractivity (Wildman–Crippen MR) is 162 cm³/mol. The summed E-state index contributed by atoms with van der Waals surface area (Å²) in [6, 6.07) is 15.8. The van der Waals surface area contributed by atoms with E-state index >= 15 is 0 Å². The molecule has 0 bridgehead atoms. The number of furan rings is 1. The minimum atomic E-state index is -3.01. The molecule has 2 saturated heterocycles. The third kappa shape index (κ3) is 7.13. The molecule has 1 atom stereocenters. The van der Waals surface area contributed by atoms with E-state index in [1.807, 2.05) is 37.3 Å². The molecule has 0 radical (unpaired) electrons. The number of benzene rings is 2. The number of amides is 1. The quantitative estimate of drug-likeness (QED) is 0.392. The molecule has 2 fully saturated rings. The van der Waals surface area contributed by atoms with Gasteiger partial charge in [0, 0.05) is 55.8 Å². The summed E-state index contributed by atoms with van der Waals surface area (Å²) in [4.78, 5) is 18.1. The molecule has 2 aliphatic rings. The van der Waals surface area contributed by atoms with Crippen LogP contribution >= 0.6 is 0 Å². The summed E-state index contributed by atoms with van der Waals surface area (Å²) in [5, 5.41) is 3.28. The monoisotopic (exact) mass is 579 g/mol. The standard InChI is InChI=1S/C32H41N3O5S/c1-23-7-11-27(29(19-23)34-13-5-4-6-14-34)32(30-12-8-24(2)40-30)33-31(36)21-25-9-10-26(22-39-3)28(20-25)35-15-17-41(37,38)18-16-35/h7-12,19-20,32H,4-6,13-18,21-22H2,1-3H3,(H,33,36). The van der Waals surface area contributed by atoms with Gasteiger partial charge in [-0.3, -0.25) is 4.79 Å². The van der Waals surface area contributed by atoms with Crippen LogP contribution in [0.15, 0.2) is 52.9 Å². The van der Waals surface area contributed by atoms with Crippen molar-refractivity contribution in [1.82, 2.24) is 5.32 Å². The number of piperidine rings is 1. The summed E-state index contributed by atoms with van der Waals surface area (Å²) in [5.74, 6) is 1.66. The van der Waals surface area contributed by atoms with Crippen molar-refractivity contribution < 1.29 is 22.4 Å². The Morgan fingerprint density at radius 2 is 1.66 bits per heavy atom. The molecule has 2 aromatic carbocycles. The Morgan fingerprint density at radius 1 is 0.927 bits per heavy atom. The van der Waals surface area contributed by atoms with Crippen LogP contribution in [0.3, 0.4) is 0 Å². The first-order chi connectivity index (χ1) is 19.7.